The minimum atomic E-state index is -0.574. The van der Waals surface area contributed by atoms with Gasteiger partial charge in [-0.05, 0) is 54.8 Å². The molecule has 33 heavy (non-hydrogen) atoms. The highest BCUT2D eigenvalue weighted by Gasteiger charge is 2.45. The molecule has 1 aromatic heterocycles. The summed E-state index contributed by atoms with van der Waals surface area (Å²) >= 11 is 1.56. The third-order valence-electron chi connectivity index (χ3n) is 6.32. The second-order valence-electron chi connectivity index (χ2n) is 8.39. The highest BCUT2D eigenvalue weighted by atomic mass is 32.1. The third kappa shape index (κ3) is 4.47. The van der Waals surface area contributed by atoms with Crippen LogP contribution in [0.5, 0.6) is 11.5 Å². The summed E-state index contributed by atoms with van der Waals surface area (Å²) in [4.78, 5) is 32.4. The van der Waals surface area contributed by atoms with E-state index in [0.717, 1.165) is 22.6 Å². The number of ether oxygens (including phenoxy) is 3. The molecule has 1 unspecified atom stereocenters. The van der Waals surface area contributed by atoms with Crippen LogP contribution in [-0.4, -0.2) is 38.3 Å². The van der Waals surface area contributed by atoms with Crippen molar-refractivity contribution < 1.29 is 23.8 Å². The Morgan fingerprint density at radius 3 is 2.61 bits per heavy atom. The van der Waals surface area contributed by atoms with Crippen LogP contribution in [0.4, 0.5) is 0 Å². The van der Waals surface area contributed by atoms with Gasteiger partial charge in [0.15, 0.2) is 17.3 Å². The number of allylic oxidation sites excluding steroid dienone is 2. The maximum Gasteiger partial charge on any atom is 0.315 e. The van der Waals surface area contributed by atoms with E-state index in [1.807, 2.05) is 49.6 Å². The summed E-state index contributed by atoms with van der Waals surface area (Å²) in [6.07, 6.45) is 1.74. The molecule has 4 rings (SSSR count). The number of thiophene rings is 1. The van der Waals surface area contributed by atoms with Gasteiger partial charge in [0.1, 0.15) is 5.92 Å². The fourth-order valence-corrected chi connectivity index (χ4v) is 5.65. The Morgan fingerprint density at radius 2 is 1.94 bits per heavy atom. The van der Waals surface area contributed by atoms with E-state index >= 15 is 0 Å². The minimum absolute atomic E-state index is 0.0137. The van der Waals surface area contributed by atoms with Gasteiger partial charge in [0.2, 0.25) is 0 Å². The SMILES string of the molecule is CCCOC(=O)C1C(C)=NC2=C(C(=O)C[C@@H](c3ccc(OC)c(OC)c3)C2)[C@@H]1c1cccs1. The molecule has 7 heteroatoms. The monoisotopic (exact) mass is 467 g/mol. The van der Waals surface area contributed by atoms with E-state index < -0.39 is 5.92 Å². The van der Waals surface area contributed by atoms with Crippen LogP contribution in [0.25, 0.3) is 0 Å². The van der Waals surface area contributed by atoms with Gasteiger partial charge in [0.25, 0.3) is 0 Å². The van der Waals surface area contributed by atoms with E-state index in [1.165, 1.54) is 0 Å². The lowest BCUT2D eigenvalue weighted by Gasteiger charge is -2.36. The maximum absolute atomic E-state index is 13.6. The molecule has 1 aromatic carbocycles. The number of esters is 1. The van der Waals surface area contributed by atoms with Gasteiger partial charge in [-0.2, -0.15) is 0 Å². The van der Waals surface area contributed by atoms with E-state index in [9.17, 15) is 9.59 Å². The maximum atomic E-state index is 13.6. The first-order valence-corrected chi connectivity index (χ1v) is 12.1. The fraction of sp³-hybridized carbons (Fsp3) is 0.423. The quantitative estimate of drug-likeness (QED) is 0.517. The van der Waals surface area contributed by atoms with E-state index in [0.29, 0.717) is 42.2 Å². The molecule has 174 valence electrons. The van der Waals surface area contributed by atoms with Crippen molar-refractivity contribution in [1.82, 2.24) is 0 Å². The number of carbonyl (C=O) groups is 2. The van der Waals surface area contributed by atoms with Crippen LogP contribution in [0.1, 0.15) is 55.4 Å². The van der Waals surface area contributed by atoms with E-state index in [1.54, 1.807) is 25.6 Å². The molecule has 1 aliphatic carbocycles. The van der Waals surface area contributed by atoms with Gasteiger partial charge < -0.3 is 14.2 Å². The number of carbonyl (C=O) groups excluding carboxylic acids is 2. The first kappa shape index (κ1) is 23.2. The average molecular weight is 468 g/mol. The van der Waals surface area contributed by atoms with Gasteiger partial charge >= 0.3 is 5.97 Å². The van der Waals surface area contributed by atoms with Crippen LogP contribution in [0.15, 0.2) is 52.0 Å². The zero-order valence-corrected chi connectivity index (χ0v) is 20.2. The minimum Gasteiger partial charge on any atom is -0.493 e. The van der Waals surface area contributed by atoms with Gasteiger partial charge in [0.05, 0.1) is 20.8 Å². The first-order chi connectivity index (χ1) is 16.0. The van der Waals surface area contributed by atoms with Crippen molar-refractivity contribution in [2.75, 3.05) is 20.8 Å². The standard InChI is InChI=1S/C26H29NO5S/c1-5-10-32-26(29)23-15(2)27-18-12-17(16-8-9-20(30-3)21(14-16)31-4)13-19(28)24(18)25(23)22-7-6-11-33-22/h6-9,11,14,17,23,25H,5,10,12-13H2,1-4H3/t17-,23?,25+/m0/s1. The molecular formula is C26H29NO5S. The summed E-state index contributed by atoms with van der Waals surface area (Å²) in [5.74, 6) is 0.0926. The molecule has 2 aromatic rings. The van der Waals surface area contributed by atoms with Crippen molar-refractivity contribution in [2.24, 2.45) is 10.9 Å². The molecule has 0 radical (unpaired) electrons. The number of methoxy groups -OCH3 is 2. The van der Waals surface area contributed by atoms with Crippen LogP contribution in [0.3, 0.4) is 0 Å². The van der Waals surface area contributed by atoms with Crippen molar-refractivity contribution in [3.8, 4) is 11.5 Å². The predicted molar refractivity (Wildman–Crippen MR) is 128 cm³/mol. The number of rotatable bonds is 7. The van der Waals surface area contributed by atoms with Crippen molar-refractivity contribution >= 4 is 28.8 Å². The van der Waals surface area contributed by atoms with Crippen molar-refractivity contribution in [1.29, 1.82) is 0 Å². The van der Waals surface area contributed by atoms with Gasteiger partial charge in [-0.25, -0.2) is 0 Å². The Kier molecular flexibility index (Phi) is 6.98. The fourth-order valence-electron chi connectivity index (χ4n) is 4.78. The molecule has 6 nitrogen and oxygen atoms in total. The summed E-state index contributed by atoms with van der Waals surface area (Å²) in [6, 6.07) is 9.73. The summed E-state index contributed by atoms with van der Waals surface area (Å²) in [5, 5.41) is 1.98. The largest absolute Gasteiger partial charge is 0.493 e. The Balaban J connectivity index is 1.72. The summed E-state index contributed by atoms with van der Waals surface area (Å²) in [6.45, 7) is 4.19. The normalized spacial score (nSPS) is 22.5. The summed E-state index contributed by atoms with van der Waals surface area (Å²) in [5.41, 5.74) is 3.16. The number of aliphatic imine (C=N–C) groups is 1. The second kappa shape index (κ2) is 9.91. The number of Topliss-reactive ketones (excluding diaryl/α,β-unsaturated/α-hetero) is 1. The van der Waals surface area contributed by atoms with Crippen LogP contribution in [-0.2, 0) is 14.3 Å². The Morgan fingerprint density at radius 1 is 1.15 bits per heavy atom. The number of nitrogens with zero attached hydrogens (tertiary/aromatic N) is 1. The molecular weight excluding hydrogens is 438 g/mol. The van der Waals surface area contributed by atoms with E-state index in [-0.39, 0.29) is 23.6 Å². The van der Waals surface area contributed by atoms with Gasteiger partial charge in [-0.3, -0.25) is 14.6 Å². The molecule has 0 amide bonds. The molecule has 0 bridgehead atoms. The molecule has 3 atom stereocenters. The molecule has 2 aliphatic rings. The van der Waals surface area contributed by atoms with Crippen molar-refractivity contribution in [3.63, 3.8) is 0 Å². The van der Waals surface area contributed by atoms with Crippen molar-refractivity contribution in [2.45, 2.75) is 44.9 Å². The topological polar surface area (TPSA) is 74.2 Å². The van der Waals surface area contributed by atoms with Gasteiger partial charge in [0, 0.05) is 34.2 Å². The third-order valence-corrected chi connectivity index (χ3v) is 7.28. The zero-order chi connectivity index (χ0) is 23.5. The highest BCUT2D eigenvalue weighted by Crippen LogP contribution is 2.48. The van der Waals surface area contributed by atoms with Crippen LogP contribution in [0, 0.1) is 5.92 Å². The molecule has 1 aliphatic heterocycles. The average Bonchev–Trinajstić information content (AvgIpc) is 3.35. The second-order valence-corrected chi connectivity index (χ2v) is 9.37. The smallest absolute Gasteiger partial charge is 0.315 e. The Hall–Kier alpha value is -2.93. The lowest BCUT2D eigenvalue weighted by atomic mass is 9.71. The lowest BCUT2D eigenvalue weighted by Crippen LogP contribution is -2.37. The summed E-state index contributed by atoms with van der Waals surface area (Å²) < 4.78 is 16.3. The van der Waals surface area contributed by atoms with Gasteiger partial charge in [-0.15, -0.1) is 11.3 Å². The van der Waals surface area contributed by atoms with Gasteiger partial charge in [-0.1, -0.05) is 19.1 Å². The molecule has 0 spiro atoms. The molecule has 0 saturated carbocycles. The van der Waals surface area contributed by atoms with E-state index in [4.69, 9.17) is 19.2 Å². The molecule has 0 fully saturated rings. The summed E-state index contributed by atoms with van der Waals surface area (Å²) in [7, 11) is 3.21. The van der Waals surface area contributed by atoms with Crippen LogP contribution in [0.2, 0.25) is 0 Å². The predicted octanol–water partition coefficient (Wildman–Crippen LogP) is 5.29. The molecule has 2 heterocycles. The number of hydrogen-bond acceptors (Lipinski definition) is 7. The molecule has 0 N–H and O–H groups in total. The Labute approximate surface area is 198 Å². The number of benzene rings is 1. The van der Waals surface area contributed by atoms with Crippen LogP contribution < -0.4 is 9.47 Å². The van der Waals surface area contributed by atoms with Crippen molar-refractivity contribution in [3.05, 3.63) is 57.4 Å². The zero-order valence-electron chi connectivity index (χ0n) is 19.4. The van der Waals surface area contributed by atoms with Crippen LogP contribution >= 0.6 is 11.3 Å². The Bertz CT molecular complexity index is 1100. The van der Waals surface area contributed by atoms with E-state index in [2.05, 4.69) is 0 Å². The first-order valence-electron chi connectivity index (χ1n) is 11.2. The number of ketones is 1. The lowest BCUT2D eigenvalue weighted by molar-refractivity contribution is -0.146. The number of hydrogen-bond donors (Lipinski definition) is 0. The highest BCUT2D eigenvalue weighted by molar-refractivity contribution is 7.10. The molecule has 0 saturated heterocycles.